The van der Waals surface area contributed by atoms with Crippen molar-refractivity contribution in [3.63, 3.8) is 0 Å². The van der Waals surface area contributed by atoms with Crippen molar-refractivity contribution in [3.8, 4) is 0 Å². The van der Waals surface area contributed by atoms with Crippen LogP contribution in [0.5, 0.6) is 0 Å². The van der Waals surface area contributed by atoms with Gasteiger partial charge in [-0.3, -0.25) is 0 Å². The van der Waals surface area contributed by atoms with Gasteiger partial charge in [0.05, 0.1) is 0 Å². The second-order valence-corrected chi connectivity index (χ2v) is 5.95. The second kappa shape index (κ2) is 4.64. The first kappa shape index (κ1) is 11.7. The fraction of sp³-hybridized carbons (Fsp3) is 1.00. The van der Waals surface area contributed by atoms with Gasteiger partial charge in [0.25, 0.3) is 0 Å². The number of hydrogen-bond donors (Lipinski definition) is 1. The lowest BCUT2D eigenvalue weighted by atomic mass is 10.0. The van der Waals surface area contributed by atoms with E-state index < -0.39 is 0 Å². The maximum Gasteiger partial charge on any atom is 0.0113 e. The molecule has 15 heavy (non-hydrogen) atoms. The van der Waals surface area contributed by atoms with E-state index in [9.17, 15) is 0 Å². The van der Waals surface area contributed by atoms with Gasteiger partial charge >= 0.3 is 0 Å². The van der Waals surface area contributed by atoms with Crippen molar-refractivity contribution in [2.75, 3.05) is 39.5 Å². The Morgan fingerprint density at radius 1 is 1.27 bits per heavy atom. The van der Waals surface area contributed by atoms with Gasteiger partial charge in [-0.1, -0.05) is 0 Å². The van der Waals surface area contributed by atoms with Gasteiger partial charge in [-0.2, -0.15) is 12.6 Å². The summed E-state index contributed by atoms with van der Waals surface area (Å²) in [6, 6.07) is 0.812. The third kappa shape index (κ3) is 2.89. The first-order chi connectivity index (χ1) is 7.15. The number of piperidine rings is 1. The molecule has 0 atom stereocenters. The Balaban J connectivity index is 1.74. The van der Waals surface area contributed by atoms with Crippen molar-refractivity contribution in [1.82, 2.24) is 9.80 Å². The van der Waals surface area contributed by atoms with Gasteiger partial charge in [-0.15, -0.1) is 0 Å². The fourth-order valence-corrected chi connectivity index (χ4v) is 3.03. The summed E-state index contributed by atoms with van der Waals surface area (Å²) in [5, 5.41) is 0. The molecule has 88 valence electrons. The van der Waals surface area contributed by atoms with E-state index in [0.717, 1.165) is 11.8 Å². The fourth-order valence-electron chi connectivity index (χ4n) is 2.61. The summed E-state index contributed by atoms with van der Waals surface area (Å²) in [7, 11) is 4.41. The van der Waals surface area contributed by atoms with Crippen LogP contribution in [0.4, 0.5) is 0 Å². The molecule has 0 amide bonds. The van der Waals surface area contributed by atoms with Crippen LogP contribution in [0, 0.1) is 5.41 Å². The number of nitrogens with zero attached hydrogens (tertiary/aromatic N) is 2. The van der Waals surface area contributed by atoms with Gasteiger partial charge in [0.1, 0.15) is 0 Å². The molecule has 2 fully saturated rings. The monoisotopic (exact) mass is 228 g/mol. The second-order valence-electron chi connectivity index (χ2n) is 5.63. The van der Waals surface area contributed by atoms with Gasteiger partial charge < -0.3 is 9.80 Å². The minimum Gasteiger partial charge on any atom is -0.306 e. The van der Waals surface area contributed by atoms with E-state index in [0.29, 0.717) is 5.41 Å². The average molecular weight is 228 g/mol. The Kier molecular flexibility index (Phi) is 3.63. The smallest absolute Gasteiger partial charge is 0.0113 e. The first-order valence-corrected chi connectivity index (χ1v) is 6.78. The van der Waals surface area contributed by atoms with Gasteiger partial charge in [0.2, 0.25) is 0 Å². The quantitative estimate of drug-likeness (QED) is 0.732. The van der Waals surface area contributed by atoms with Crippen molar-refractivity contribution < 1.29 is 0 Å². The summed E-state index contributed by atoms with van der Waals surface area (Å²) < 4.78 is 0. The number of hydrogen-bond acceptors (Lipinski definition) is 3. The van der Waals surface area contributed by atoms with Gasteiger partial charge in [-0.05, 0) is 64.0 Å². The highest BCUT2D eigenvalue weighted by molar-refractivity contribution is 7.80. The molecular formula is C12H24N2S. The van der Waals surface area contributed by atoms with Crippen molar-refractivity contribution in [2.45, 2.75) is 31.7 Å². The predicted molar refractivity (Wildman–Crippen MR) is 68.7 cm³/mol. The van der Waals surface area contributed by atoms with Gasteiger partial charge in [0.15, 0.2) is 0 Å². The van der Waals surface area contributed by atoms with Crippen LogP contribution in [-0.2, 0) is 0 Å². The lowest BCUT2D eigenvalue weighted by Gasteiger charge is -2.36. The lowest BCUT2D eigenvalue weighted by Crippen LogP contribution is -2.44. The summed E-state index contributed by atoms with van der Waals surface area (Å²) in [5.74, 6) is 1.08. The Labute approximate surface area is 99.4 Å². The highest BCUT2D eigenvalue weighted by Gasteiger charge is 2.42. The largest absolute Gasteiger partial charge is 0.306 e. The zero-order valence-electron chi connectivity index (χ0n) is 10.1. The highest BCUT2D eigenvalue weighted by atomic mass is 32.1. The molecule has 0 unspecified atom stereocenters. The Hall–Kier alpha value is 0.270. The summed E-state index contributed by atoms with van der Waals surface area (Å²) in [5.41, 5.74) is 0.605. The molecule has 0 aromatic heterocycles. The molecular weight excluding hydrogens is 204 g/mol. The molecule has 3 heteroatoms. The average Bonchev–Trinajstić information content (AvgIpc) is 2.99. The molecule has 0 aromatic rings. The molecule has 2 aliphatic rings. The Morgan fingerprint density at radius 3 is 2.27 bits per heavy atom. The molecule has 0 bridgehead atoms. The van der Waals surface area contributed by atoms with E-state index in [1.54, 1.807) is 0 Å². The molecule has 2 nitrogen and oxygen atoms in total. The Morgan fingerprint density at radius 2 is 1.87 bits per heavy atom. The topological polar surface area (TPSA) is 6.48 Å². The normalized spacial score (nSPS) is 27.2. The molecule has 0 radical (unpaired) electrons. The van der Waals surface area contributed by atoms with E-state index in [1.807, 2.05) is 0 Å². The van der Waals surface area contributed by atoms with Crippen LogP contribution in [0.15, 0.2) is 0 Å². The van der Waals surface area contributed by atoms with Crippen molar-refractivity contribution in [3.05, 3.63) is 0 Å². The van der Waals surface area contributed by atoms with Crippen LogP contribution < -0.4 is 0 Å². The number of rotatable bonds is 4. The standard InChI is InChI=1S/C12H24N2S/c1-13(2)11-3-7-14(8-4-11)9-12(10-15)5-6-12/h11,15H,3-10H2,1-2H3. The zero-order chi connectivity index (χ0) is 10.9. The maximum atomic E-state index is 4.48. The molecule has 1 saturated heterocycles. The zero-order valence-corrected chi connectivity index (χ0v) is 11.0. The number of thiol groups is 1. The molecule has 0 spiro atoms. The molecule has 1 heterocycles. The van der Waals surface area contributed by atoms with Crippen LogP contribution in [0.25, 0.3) is 0 Å². The predicted octanol–water partition coefficient (Wildman–Crippen LogP) is 1.72. The maximum absolute atomic E-state index is 4.48. The first-order valence-electron chi connectivity index (χ1n) is 6.15. The molecule has 0 aromatic carbocycles. The highest BCUT2D eigenvalue weighted by Crippen LogP contribution is 2.47. The summed E-state index contributed by atoms with van der Waals surface area (Å²) in [6.07, 6.45) is 5.50. The van der Waals surface area contributed by atoms with Crippen molar-refractivity contribution >= 4 is 12.6 Å². The van der Waals surface area contributed by atoms with E-state index >= 15 is 0 Å². The van der Waals surface area contributed by atoms with E-state index in [4.69, 9.17) is 0 Å². The molecule has 1 aliphatic carbocycles. The SMILES string of the molecule is CN(C)C1CCN(CC2(CS)CC2)CC1. The van der Waals surface area contributed by atoms with Crippen LogP contribution in [0.2, 0.25) is 0 Å². The number of likely N-dealkylation sites (tertiary alicyclic amines) is 1. The molecule has 1 aliphatic heterocycles. The summed E-state index contributed by atoms with van der Waals surface area (Å²) in [4.78, 5) is 5.03. The van der Waals surface area contributed by atoms with Crippen LogP contribution >= 0.6 is 12.6 Å². The van der Waals surface area contributed by atoms with Crippen LogP contribution in [0.1, 0.15) is 25.7 Å². The summed E-state index contributed by atoms with van der Waals surface area (Å²) in [6.45, 7) is 3.88. The van der Waals surface area contributed by atoms with Gasteiger partial charge in [-0.25, -0.2) is 0 Å². The molecule has 0 N–H and O–H groups in total. The lowest BCUT2D eigenvalue weighted by molar-refractivity contribution is 0.129. The Bertz CT molecular complexity index is 206. The van der Waals surface area contributed by atoms with Crippen LogP contribution in [0.3, 0.4) is 0 Å². The van der Waals surface area contributed by atoms with Crippen LogP contribution in [-0.4, -0.2) is 55.3 Å². The van der Waals surface area contributed by atoms with E-state index in [2.05, 4.69) is 36.5 Å². The van der Waals surface area contributed by atoms with E-state index in [1.165, 1.54) is 45.3 Å². The molecule has 1 saturated carbocycles. The van der Waals surface area contributed by atoms with Crippen molar-refractivity contribution in [2.24, 2.45) is 5.41 Å². The summed E-state index contributed by atoms with van der Waals surface area (Å²) >= 11 is 4.48. The van der Waals surface area contributed by atoms with Gasteiger partial charge in [0, 0.05) is 12.6 Å². The molecule has 2 rings (SSSR count). The minimum atomic E-state index is 0.605. The minimum absolute atomic E-state index is 0.605. The van der Waals surface area contributed by atoms with E-state index in [-0.39, 0.29) is 0 Å². The van der Waals surface area contributed by atoms with Crippen molar-refractivity contribution in [1.29, 1.82) is 0 Å². The third-order valence-corrected chi connectivity index (χ3v) is 4.81. The third-order valence-electron chi connectivity index (χ3n) is 4.14.